The highest BCUT2D eigenvalue weighted by molar-refractivity contribution is 5.87. The van der Waals surface area contributed by atoms with E-state index >= 15 is 0 Å². The van der Waals surface area contributed by atoms with Gasteiger partial charge in [0, 0.05) is 6.42 Å². The van der Waals surface area contributed by atoms with Gasteiger partial charge >= 0.3 is 6.09 Å². The highest BCUT2D eigenvalue weighted by Gasteiger charge is 2.03. The Hall–Kier alpha value is -2.23. The number of phenolic OH excluding ortho intramolecular Hbond substituents is 1. The number of phenols is 1. The summed E-state index contributed by atoms with van der Waals surface area (Å²) in [5, 5.41) is 11.5. The van der Waals surface area contributed by atoms with Crippen LogP contribution < -0.4 is 5.73 Å². The molecule has 0 saturated heterocycles. The van der Waals surface area contributed by atoms with E-state index in [0.717, 1.165) is 16.3 Å². The number of nitrogens with two attached hydrogens (primary N) is 1. The molecule has 0 spiro atoms. The van der Waals surface area contributed by atoms with Crippen LogP contribution >= 0.6 is 0 Å². The summed E-state index contributed by atoms with van der Waals surface area (Å²) in [4.78, 5) is 10.5. The first-order valence-electron chi connectivity index (χ1n) is 5.29. The number of amides is 1. The molecule has 0 unspecified atom stereocenters. The van der Waals surface area contributed by atoms with Crippen molar-refractivity contribution in [2.24, 2.45) is 5.73 Å². The van der Waals surface area contributed by atoms with Crippen molar-refractivity contribution in [3.05, 3.63) is 42.0 Å². The molecule has 2 aromatic carbocycles. The fourth-order valence-electron chi connectivity index (χ4n) is 1.80. The Morgan fingerprint density at radius 1 is 1.29 bits per heavy atom. The first kappa shape index (κ1) is 11.3. The van der Waals surface area contributed by atoms with Gasteiger partial charge in [-0.25, -0.2) is 4.79 Å². The molecular formula is C13H13NO3. The number of hydrogen-bond acceptors (Lipinski definition) is 3. The van der Waals surface area contributed by atoms with Gasteiger partial charge < -0.3 is 15.6 Å². The van der Waals surface area contributed by atoms with Crippen molar-refractivity contribution in [1.82, 2.24) is 0 Å². The number of fused-ring (bicyclic) bond motifs is 1. The Morgan fingerprint density at radius 3 is 2.88 bits per heavy atom. The van der Waals surface area contributed by atoms with Crippen molar-refractivity contribution in [2.45, 2.75) is 6.42 Å². The van der Waals surface area contributed by atoms with E-state index in [4.69, 9.17) is 10.5 Å². The quantitative estimate of drug-likeness (QED) is 0.850. The van der Waals surface area contributed by atoms with Gasteiger partial charge in [-0.3, -0.25) is 0 Å². The number of ether oxygens (including phenoxy) is 1. The Bertz CT molecular complexity index is 551. The number of aromatic hydroxyl groups is 1. The van der Waals surface area contributed by atoms with Gasteiger partial charge in [0.05, 0.1) is 6.61 Å². The van der Waals surface area contributed by atoms with E-state index in [2.05, 4.69) is 0 Å². The van der Waals surface area contributed by atoms with Crippen LogP contribution in [0.5, 0.6) is 5.75 Å². The Balaban J connectivity index is 2.27. The first-order valence-corrected chi connectivity index (χ1v) is 5.29. The van der Waals surface area contributed by atoms with Crippen molar-refractivity contribution < 1.29 is 14.6 Å². The van der Waals surface area contributed by atoms with Crippen molar-refractivity contribution in [3.63, 3.8) is 0 Å². The van der Waals surface area contributed by atoms with Gasteiger partial charge in [0.2, 0.25) is 0 Å². The standard InChI is InChI=1S/C13H13NO3/c14-13(16)17-7-6-10-3-1-2-9-4-5-11(15)8-12(9)10/h1-5,8,15H,6-7H2,(H2,14,16). The molecule has 0 bridgehead atoms. The summed E-state index contributed by atoms with van der Waals surface area (Å²) in [6.07, 6.45) is -0.197. The maximum absolute atomic E-state index is 10.5. The number of carbonyl (C=O) groups excluding carboxylic acids is 1. The zero-order valence-corrected chi connectivity index (χ0v) is 9.22. The molecule has 0 fully saturated rings. The van der Waals surface area contributed by atoms with Crippen LogP contribution in [0.1, 0.15) is 5.56 Å². The minimum absolute atomic E-state index is 0.223. The summed E-state index contributed by atoms with van der Waals surface area (Å²) in [6, 6.07) is 11.0. The molecule has 4 nitrogen and oxygen atoms in total. The van der Waals surface area contributed by atoms with Gasteiger partial charge in [-0.1, -0.05) is 24.3 Å². The zero-order valence-electron chi connectivity index (χ0n) is 9.22. The molecule has 0 aliphatic carbocycles. The van der Waals surface area contributed by atoms with E-state index in [1.807, 2.05) is 24.3 Å². The fourth-order valence-corrected chi connectivity index (χ4v) is 1.80. The van der Waals surface area contributed by atoms with Crippen molar-refractivity contribution in [2.75, 3.05) is 6.61 Å². The van der Waals surface area contributed by atoms with E-state index in [-0.39, 0.29) is 12.4 Å². The smallest absolute Gasteiger partial charge is 0.404 e. The second-order valence-corrected chi connectivity index (χ2v) is 3.74. The van der Waals surface area contributed by atoms with Gasteiger partial charge in [-0.15, -0.1) is 0 Å². The van der Waals surface area contributed by atoms with Crippen molar-refractivity contribution >= 4 is 16.9 Å². The minimum Gasteiger partial charge on any atom is -0.508 e. The molecule has 1 amide bonds. The van der Waals surface area contributed by atoms with Gasteiger partial charge in [-0.05, 0) is 28.5 Å². The number of primary amides is 1. The highest BCUT2D eigenvalue weighted by Crippen LogP contribution is 2.23. The van der Waals surface area contributed by atoms with Crippen molar-refractivity contribution in [3.8, 4) is 5.75 Å². The summed E-state index contributed by atoms with van der Waals surface area (Å²) in [7, 11) is 0. The lowest BCUT2D eigenvalue weighted by molar-refractivity contribution is 0.158. The molecule has 0 aliphatic rings. The van der Waals surface area contributed by atoms with Crippen LogP contribution in [0.25, 0.3) is 10.8 Å². The first-order chi connectivity index (χ1) is 8.16. The van der Waals surface area contributed by atoms with Crippen LogP contribution in [0.3, 0.4) is 0 Å². The normalized spacial score (nSPS) is 10.4. The molecule has 0 saturated carbocycles. The van der Waals surface area contributed by atoms with Gasteiger partial charge in [0.1, 0.15) is 5.75 Å². The van der Waals surface area contributed by atoms with E-state index < -0.39 is 6.09 Å². The predicted molar refractivity (Wildman–Crippen MR) is 64.9 cm³/mol. The molecule has 0 aliphatic heterocycles. The molecule has 0 atom stereocenters. The molecule has 0 radical (unpaired) electrons. The maximum atomic E-state index is 10.5. The summed E-state index contributed by atoms with van der Waals surface area (Å²) in [5.41, 5.74) is 5.91. The second kappa shape index (κ2) is 4.74. The molecule has 4 heteroatoms. The summed E-state index contributed by atoms with van der Waals surface area (Å²) in [6.45, 7) is 0.240. The number of carbonyl (C=O) groups is 1. The summed E-state index contributed by atoms with van der Waals surface area (Å²) >= 11 is 0. The molecule has 0 aromatic heterocycles. The lowest BCUT2D eigenvalue weighted by atomic mass is 10.0. The van der Waals surface area contributed by atoms with E-state index in [0.29, 0.717) is 6.42 Å². The average Bonchev–Trinajstić information content (AvgIpc) is 2.29. The molecule has 0 heterocycles. The van der Waals surface area contributed by atoms with Crippen LogP contribution in [-0.2, 0) is 11.2 Å². The average molecular weight is 231 g/mol. The highest BCUT2D eigenvalue weighted by atomic mass is 16.5. The van der Waals surface area contributed by atoms with E-state index in [1.165, 1.54) is 0 Å². The molecule has 17 heavy (non-hydrogen) atoms. The predicted octanol–water partition coefficient (Wildman–Crippen LogP) is 2.18. The molecule has 3 N–H and O–H groups in total. The Kier molecular flexibility index (Phi) is 3.14. The van der Waals surface area contributed by atoms with Crippen LogP contribution in [0.4, 0.5) is 4.79 Å². The molecular weight excluding hydrogens is 218 g/mol. The lowest BCUT2D eigenvalue weighted by Crippen LogP contribution is -2.14. The van der Waals surface area contributed by atoms with E-state index in [9.17, 15) is 9.90 Å². The van der Waals surface area contributed by atoms with Crippen LogP contribution in [0, 0.1) is 0 Å². The zero-order chi connectivity index (χ0) is 12.3. The lowest BCUT2D eigenvalue weighted by Gasteiger charge is -2.07. The molecule has 2 aromatic rings. The number of hydrogen-bond donors (Lipinski definition) is 2. The minimum atomic E-state index is -0.770. The van der Waals surface area contributed by atoms with E-state index in [1.54, 1.807) is 12.1 Å². The number of rotatable bonds is 3. The fraction of sp³-hybridized carbons (Fsp3) is 0.154. The second-order valence-electron chi connectivity index (χ2n) is 3.74. The van der Waals surface area contributed by atoms with Gasteiger partial charge in [0.25, 0.3) is 0 Å². The van der Waals surface area contributed by atoms with Crippen molar-refractivity contribution in [1.29, 1.82) is 0 Å². The Morgan fingerprint density at radius 2 is 2.12 bits per heavy atom. The SMILES string of the molecule is NC(=O)OCCc1cccc2ccc(O)cc12. The molecule has 88 valence electrons. The topological polar surface area (TPSA) is 72.6 Å². The van der Waals surface area contributed by atoms with Gasteiger partial charge in [-0.2, -0.15) is 0 Å². The maximum Gasteiger partial charge on any atom is 0.404 e. The third kappa shape index (κ3) is 2.66. The largest absolute Gasteiger partial charge is 0.508 e. The van der Waals surface area contributed by atoms with Gasteiger partial charge in [0.15, 0.2) is 0 Å². The van der Waals surface area contributed by atoms with Crippen LogP contribution in [0.2, 0.25) is 0 Å². The Labute approximate surface area is 98.6 Å². The monoisotopic (exact) mass is 231 g/mol. The molecule has 2 rings (SSSR count). The summed E-state index contributed by atoms with van der Waals surface area (Å²) in [5.74, 6) is 0.223. The number of benzene rings is 2. The van der Waals surface area contributed by atoms with Crippen LogP contribution in [0.15, 0.2) is 36.4 Å². The third-order valence-corrected chi connectivity index (χ3v) is 2.57. The summed E-state index contributed by atoms with van der Waals surface area (Å²) < 4.78 is 4.70. The van der Waals surface area contributed by atoms with Crippen LogP contribution in [-0.4, -0.2) is 17.8 Å². The third-order valence-electron chi connectivity index (χ3n) is 2.57.